The number of halogens is 2. The second kappa shape index (κ2) is 4.32. The summed E-state index contributed by atoms with van der Waals surface area (Å²) in [4.78, 5) is 11.6. The van der Waals surface area contributed by atoms with Gasteiger partial charge in [-0.15, -0.1) is 0 Å². The highest BCUT2D eigenvalue weighted by Crippen LogP contribution is 2.12. The summed E-state index contributed by atoms with van der Waals surface area (Å²) in [5.74, 6) is -1.57. The number of carbonyl (C=O) groups is 1. The summed E-state index contributed by atoms with van der Waals surface area (Å²) in [6, 6.07) is 4.06. The molecule has 1 amide bonds. The van der Waals surface area contributed by atoms with Gasteiger partial charge in [0.2, 0.25) is 0 Å². The molecule has 2 aromatic rings. The molecular weight excluding hydrogens is 230 g/mol. The van der Waals surface area contributed by atoms with Gasteiger partial charge in [0.15, 0.2) is 5.82 Å². The number of benzene rings is 1. The highest BCUT2D eigenvalue weighted by molar-refractivity contribution is 6.03. The van der Waals surface area contributed by atoms with Crippen molar-refractivity contribution in [2.24, 2.45) is 0 Å². The second-order valence-electron chi connectivity index (χ2n) is 3.44. The molecule has 1 N–H and O–H groups in total. The highest BCUT2D eigenvalue weighted by Gasteiger charge is 2.11. The lowest BCUT2D eigenvalue weighted by molar-refractivity contribution is 0.102. The standard InChI is InChI=1S/C11H8F2N2O2/c1-6-2-10(15-17-6)14-11(16)7-3-8(12)5-9(13)4-7/h2-5H,1H3,(H,14,15,16). The van der Waals surface area contributed by atoms with E-state index in [2.05, 4.69) is 10.5 Å². The molecule has 0 saturated carbocycles. The molecule has 0 spiro atoms. The maximum absolute atomic E-state index is 12.9. The van der Waals surface area contributed by atoms with E-state index in [0.29, 0.717) is 11.8 Å². The Morgan fingerprint density at radius 1 is 1.24 bits per heavy atom. The molecule has 17 heavy (non-hydrogen) atoms. The molecule has 0 unspecified atom stereocenters. The van der Waals surface area contributed by atoms with Crippen molar-refractivity contribution in [1.82, 2.24) is 5.16 Å². The molecule has 6 heteroatoms. The fourth-order valence-electron chi connectivity index (χ4n) is 1.30. The Balaban J connectivity index is 2.19. The highest BCUT2D eigenvalue weighted by atomic mass is 19.1. The van der Waals surface area contributed by atoms with Crippen LogP contribution >= 0.6 is 0 Å². The first kappa shape index (κ1) is 11.3. The SMILES string of the molecule is Cc1cc(NC(=O)c2cc(F)cc(F)c2)no1. The fourth-order valence-corrected chi connectivity index (χ4v) is 1.30. The zero-order valence-electron chi connectivity index (χ0n) is 8.83. The smallest absolute Gasteiger partial charge is 0.257 e. The lowest BCUT2D eigenvalue weighted by Gasteiger charge is -2.01. The second-order valence-corrected chi connectivity index (χ2v) is 3.44. The molecule has 1 aromatic heterocycles. The Kier molecular flexibility index (Phi) is 2.86. The molecule has 0 saturated heterocycles. The van der Waals surface area contributed by atoms with Crippen molar-refractivity contribution in [3.63, 3.8) is 0 Å². The Morgan fingerprint density at radius 2 is 1.88 bits per heavy atom. The van der Waals surface area contributed by atoms with Crippen molar-refractivity contribution in [1.29, 1.82) is 0 Å². The maximum atomic E-state index is 12.9. The number of nitrogens with one attached hydrogen (secondary N) is 1. The number of aromatic nitrogens is 1. The van der Waals surface area contributed by atoms with Gasteiger partial charge in [-0.05, 0) is 19.1 Å². The van der Waals surface area contributed by atoms with E-state index < -0.39 is 17.5 Å². The molecule has 0 aliphatic rings. The van der Waals surface area contributed by atoms with E-state index in [-0.39, 0.29) is 11.4 Å². The van der Waals surface area contributed by atoms with E-state index in [1.165, 1.54) is 6.07 Å². The van der Waals surface area contributed by atoms with E-state index in [1.807, 2.05) is 0 Å². The van der Waals surface area contributed by atoms with Gasteiger partial charge < -0.3 is 9.84 Å². The molecule has 0 fully saturated rings. The van der Waals surface area contributed by atoms with Crippen LogP contribution in [-0.4, -0.2) is 11.1 Å². The van der Waals surface area contributed by atoms with Crippen LogP contribution in [0.3, 0.4) is 0 Å². The summed E-state index contributed by atoms with van der Waals surface area (Å²) in [6.45, 7) is 1.66. The Morgan fingerprint density at radius 3 is 2.41 bits per heavy atom. The zero-order chi connectivity index (χ0) is 12.4. The van der Waals surface area contributed by atoms with Crippen LogP contribution in [0, 0.1) is 18.6 Å². The third-order valence-corrected chi connectivity index (χ3v) is 1.99. The van der Waals surface area contributed by atoms with Gasteiger partial charge in [0.25, 0.3) is 5.91 Å². The van der Waals surface area contributed by atoms with Crippen LogP contribution in [0.25, 0.3) is 0 Å². The van der Waals surface area contributed by atoms with Crippen molar-refractivity contribution < 1.29 is 18.1 Å². The van der Waals surface area contributed by atoms with Crippen LogP contribution < -0.4 is 5.32 Å². The minimum Gasteiger partial charge on any atom is -0.360 e. The molecule has 4 nitrogen and oxygen atoms in total. The molecule has 1 heterocycles. The summed E-state index contributed by atoms with van der Waals surface area (Å²) in [6.07, 6.45) is 0. The van der Waals surface area contributed by atoms with Gasteiger partial charge in [0.05, 0.1) is 0 Å². The van der Waals surface area contributed by atoms with Gasteiger partial charge in [-0.3, -0.25) is 4.79 Å². The summed E-state index contributed by atoms with van der Waals surface area (Å²) in [5.41, 5.74) is -0.122. The molecular formula is C11H8F2N2O2. The Labute approximate surface area is 95.2 Å². The minimum atomic E-state index is -0.813. The molecule has 1 aromatic carbocycles. The van der Waals surface area contributed by atoms with Crippen LogP contribution in [0.2, 0.25) is 0 Å². The molecule has 0 radical (unpaired) electrons. The normalized spacial score (nSPS) is 10.3. The van der Waals surface area contributed by atoms with E-state index in [0.717, 1.165) is 12.1 Å². The molecule has 0 bridgehead atoms. The first-order valence-corrected chi connectivity index (χ1v) is 4.75. The monoisotopic (exact) mass is 238 g/mol. The van der Waals surface area contributed by atoms with Gasteiger partial charge in [-0.1, -0.05) is 5.16 Å². The number of rotatable bonds is 2. The topological polar surface area (TPSA) is 55.1 Å². The van der Waals surface area contributed by atoms with Crippen molar-refractivity contribution >= 4 is 11.7 Å². The minimum absolute atomic E-state index is 0.122. The number of anilines is 1. The van der Waals surface area contributed by atoms with Crippen molar-refractivity contribution in [2.75, 3.05) is 5.32 Å². The number of hydrogen-bond donors (Lipinski definition) is 1. The predicted molar refractivity (Wildman–Crippen MR) is 55.6 cm³/mol. The van der Waals surface area contributed by atoms with E-state index >= 15 is 0 Å². The average molecular weight is 238 g/mol. The lowest BCUT2D eigenvalue weighted by atomic mass is 10.2. The van der Waals surface area contributed by atoms with Crippen molar-refractivity contribution in [2.45, 2.75) is 6.92 Å². The van der Waals surface area contributed by atoms with Gasteiger partial charge in [-0.25, -0.2) is 8.78 Å². The number of amides is 1. The first-order chi connectivity index (χ1) is 8.04. The third-order valence-electron chi connectivity index (χ3n) is 1.99. The predicted octanol–water partition coefficient (Wildman–Crippen LogP) is 2.51. The Bertz CT molecular complexity index is 546. The number of nitrogens with zero attached hydrogens (tertiary/aromatic N) is 1. The van der Waals surface area contributed by atoms with Gasteiger partial charge in [-0.2, -0.15) is 0 Å². The number of aryl methyl sites for hydroxylation is 1. The van der Waals surface area contributed by atoms with Crippen LogP contribution in [0.4, 0.5) is 14.6 Å². The van der Waals surface area contributed by atoms with E-state index in [4.69, 9.17) is 4.52 Å². The van der Waals surface area contributed by atoms with Crippen LogP contribution in [0.15, 0.2) is 28.8 Å². The van der Waals surface area contributed by atoms with Gasteiger partial charge in [0, 0.05) is 17.7 Å². The van der Waals surface area contributed by atoms with Crippen LogP contribution in [0.1, 0.15) is 16.1 Å². The van der Waals surface area contributed by atoms with E-state index in [9.17, 15) is 13.6 Å². The molecule has 0 aliphatic carbocycles. The van der Waals surface area contributed by atoms with Gasteiger partial charge >= 0.3 is 0 Å². The van der Waals surface area contributed by atoms with Gasteiger partial charge in [0.1, 0.15) is 17.4 Å². The third kappa shape index (κ3) is 2.66. The maximum Gasteiger partial charge on any atom is 0.257 e. The quantitative estimate of drug-likeness (QED) is 0.874. The molecule has 88 valence electrons. The average Bonchev–Trinajstić information content (AvgIpc) is 2.62. The van der Waals surface area contributed by atoms with Crippen LogP contribution in [-0.2, 0) is 0 Å². The lowest BCUT2D eigenvalue weighted by Crippen LogP contribution is -2.12. The number of carbonyl (C=O) groups excluding carboxylic acids is 1. The summed E-state index contributed by atoms with van der Waals surface area (Å²) in [7, 11) is 0. The molecule has 2 rings (SSSR count). The number of hydrogen-bond acceptors (Lipinski definition) is 3. The summed E-state index contributed by atoms with van der Waals surface area (Å²) in [5, 5.41) is 5.89. The summed E-state index contributed by atoms with van der Waals surface area (Å²) >= 11 is 0. The molecule has 0 atom stereocenters. The van der Waals surface area contributed by atoms with E-state index in [1.54, 1.807) is 6.92 Å². The zero-order valence-corrected chi connectivity index (χ0v) is 8.83. The first-order valence-electron chi connectivity index (χ1n) is 4.75. The fraction of sp³-hybridized carbons (Fsp3) is 0.0909. The van der Waals surface area contributed by atoms with Crippen molar-refractivity contribution in [3.8, 4) is 0 Å². The van der Waals surface area contributed by atoms with Crippen molar-refractivity contribution in [3.05, 3.63) is 47.2 Å². The largest absolute Gasteiger partial charge is 0.360 e. The summed E-state index contributed by atoms with van der Waals surface area (Å²) < 4.78 is 30.5. The molecule has 0 aliphatic heterocycles. The van der Waals surface area contributed by atoms with Crippen LogP contribution in [0.5, 0.6) is 0 Å². The Hall–Kier alpha value is -2.24.